The van der Waals surface area contributed by atoms with Crippen molar-refractivity contribution in [3.8, 4) is 0 Å². The summed E-state index contributed by atoms with van der Waals surface area (Å²) >= 11 is 1.13. The maximum Gasteiger partial charge on any atom is 0.185 e. The van der Waals surface area contributed by atoms with Crippen molar-refractivity contribution in [2.24, 2.45) is 0 Å². The van der Waals surface area contributed by atoms with Gasteiger partial charge in [0.15, 0.2) is 12.2 Å². The molecule has 0 heterocycles. The first-order chi connectivity index (χ1) is 5.43. The largest absolute Gasteiger partial charge is 0.417 e. The van der Waals surface area contributed by atoms with E-state index in [1.165, 1.54) is 5.94 Å². The van der Waals surface area contributed by atoms with Crippen LogP contribution in [-0.4, -0.2) is 5.94 Å². The fraction of sp³-hybridized carbons (Fsp3) is 0. The Balaban J connectivity index is 2.45. The molecule has 0 N–H and O–H groups in total. The lowest BCUT2D eigenvalue weighted by Gasteiger charge is -1.94. The van der Waals surface area contributed by atoms with E-state index in [4.69, 9.17) is 4.18 Å². The highest BCUT2D eigenvalue weighted by atomic mass is 32.2. The third-order valence-electron chi connectivity index (χ3n) is 0.984. The van der Waals surface area contributed by atoms with Crippen LogP contribution < -0.4 is 0 Å². The average molecular weight is 166 g/mol. The SMILES string of the molecule is O=C=COSc1ccccc1. The van der Waals surface area contributed by atoms with Crippen LogP contribution in [0.15, 0.2) is 41.5 Å². The molecule has 0 amide bonds. The normalized spacial score (nSPS) is 8.36. The number of benzene rings is 1. The molecule has 56 valence electrons. The predicted molar refractivity (Wildman–Crippen MR) is 43.6 cm³/mol. The van der Waals surface area contributed by atoms with Gasteiger partial charge >= 0.3 is 0 Å². The molecule has 0 aromatic heterocycles. The van der Waals surface area contributed by atoms with Crippen molar-refractivity contribution in [1.82, 2.24) is 0 Å². The van der Waals surface area contributed by atoms with Crippen LogP contribution in [0.4, 0.5) is 0 Å². The van der Waals surface area contributed by atoms with Gasteiger partial charge in [0.05, 0.1) is 12.0 Å². The van der Waals surface area contributed by atoms with Gasteiger partial charge in [-0.05, 0) is 12.1 Å². The van der Waals surface area contributed by atoms with E-state index in [2.05, 4.69) is 0 Å². The Morgan fingerprint density at radius 1 is 1.36 bits per heavy atom. The molecule has 0 aliphatic carbocycles. The zero-order valence-corrected chi connectivity index (χ0v) is 6.51. The molecule has 0 saturated carbocycles. The van der Waals surface area contributed by atoms with Gasteiger partial charge in [-0.15, -0.1) is 0 Å². The van der Waals surface area contributed by atoms with E-state index in [9.17, 15) is 4.79 Å². The topological polar surface area (TPSA) is 26.3 Å². The molecule has 0 bridgehead atoms. The number of hydrogen-bond donors (Lipinski definition) is 0. The van der Waals surface area contributed by atoms with Gasteiger partial charge in [-0.1, -0.05) is 18.2 Å². The Labute approximate surface area is 69.1 Å². The molecule has 0 aliphatic heterocycles. The van der Waals surface area contributed by atoms with Gasteiger partial charge in [0, 0.05) is 4.90 Å². The monoisotopic (exact) mass is 166 g/mol. The van der Waals surface area contributed by atoms with E-state index in [-0.39, 0.29) is 0 Å². The molecule has 1 aromatic rings. The van der Waals surface area contributed by atoms with Crippen molar-refractivity contribution < 1.29 is 8.98 Å². The zero-order chi connectivity index (χ0) is 7.94. The second-order valence-corrected chi connectivity index (χ2v) is 2.56. The first kappa shape index (κ1) is 7.92. The van der Waals surface area contributed by atoms with E-state index in [0.29, 0.717) is 0 Å². The van der Waals surface area contributed by atoms with Crippen molar-refractivity contribution in [1.29, 1.82) is 0 Å². The molecule has 1 rings (SSSR count). The van der Waals surface area contributed by atoms with Crippen molar-refractivity contribution in [2.75, 3.05) is 0 Å². The number of hydrogen-bond acceptors (Lipinski definition) is 3. The Kier molecular flexibility index (Phi) is 3.32. The van der Waals surface area contributed by atoms with Crippen molar-refractivity contribution >= 4 is 18.0 Å². The maximum atomic E-state index is 9.68. The average Bonchev–Trinajstić information content (AvgIpc) is 2.07. The molecule has 0 aliphatic rings. The molecule has 1 aromatic carbocycles. The van der Waals surface area contributed by atoms with Crippen LogP contribution in [0.5, 0.6) is 0 Å². The van der Waals surface area contributed by atoms with Gasteiger partial charge in [0.2, 0.25) is 0 Å². The smallest absolute Gasteiger partial charge is 0.185 e. The molecule has 0 saturated heterocycles. The van der Waals surface area contributed by atoms with Crippen LogP contribution in [-0.2, 0) is 8.98 Å². The summed E-state index contributed by atoms with van der Waals surface area (Å²) in [5.41, 5.74) is 0. The molecule has 0 atom stereocenters. The van der Waals surface area contributed by atoms with Gasteiger partial charge in [-0.3, -0.25) is 0 Å². The third kappa shape index (κ3) is 2.94. The summed E-state index contributed by atoms with van der Waals surface area (Å²) in [5.74, 6) is 1.52. The summed E-state index contributed by atoms with van der Waals surface area (Å²) in [5, 5.41) is 0. The summed E-state index contributed by atoms with van der Waals surface area (Å²) < 4.78 is 4.74. The zero-order valence-electron chi connectivity index (χ0n) is 5.69. The number of carbonyl (C=O) groups excluding carboxylic acids is 1. The van der Waals surface area contributed by atoms with Crippen LogP contribution in [0.1, 0.15) is 0 Å². The standard InChI is InChI=1S/C8H6O2S/c9-6-7-10-11-8-4-2-1-3-5-8/h1-5,7H. The molecule has 2 nitrogen and oxygen atoms in total. The summed E-state index contributed by atoms with van der Waals surface area (Å²) in [6.45, 7) is 0. The van der Waals surface area contributed by atoms with Crippen LogP contribution in [0.3, 0.4) is 0 Å². The maximum absolute atomic E-state index is 9.68. The lowest BCUT2D eigenvalue weighted by molar-refractivity contribution is 0.536. The second kappa shape index (κ2) is 4.61. The fourth-order valence-corrected chi connectivity index (χ4v) is 1.04. The minimum absolute atomic E-state index is 0.957. The Morgan fingerprint density at radius 3 is 2.73 bits per heavy atom. The van der Waals surface area contributed by atoms with E-state index < -0.39 is 0 Å². The lowest BCUT2D eigenvalue weighted by atomic mass is 10.4. The quantitative estimate of drug-likeness (QED) is 0.390. The summed E-state index contributed by atoms with van der Waals surface area (Å²) in [4.78, 5) is 10.6. The lowest BCUT2D eigenvalue weighted by Crippen LogP contribution is -1.69. The number of rotatable bonds is 3. The van der Waals surface area contributed by atoms with Crippen LogP contribution in [0.2, 0.25) is 0 Å². The molecule has 0 unspecified atom stereocenters. The van der Waals surface area contributed by atoms with Crippen LogP contribution in [0.25, 0.3) is 0 Å². The van der Waals surface area contributed by atoms with Gasteiger partial charge < -0.3 is 4.18 Å². The predicted octanol–water partition coefficient (Wildman–Crippen LogP) is 2.06. The van der Waals surface area contributed by atoms with Crippen molar-refractivity contribution in [3.63, 3.8) is 0 Å². The highest BCUT2D eigenvalue weighted by molar-refractivity contribution is 7.94. The highest BCUT2D eigenvalue weighted by Crippen LogP contribution is 2.17. The van der Waals surface area contributed by atoms with Gasteiger partial charge in [0.1, 0.15) is 0 Å². The highest BCUT2D eigenvalue weighted by Gasteiger charge is 1.88. The van der Waals surface area contributed by atoms with Gasteiger partial charge in [0.25, 0.3) is 0 Å². The molecule has 0 fully saturated rings. The fourth-order valence-electron chi connectivity index (χ4n) is 0.575. The van der Waals surface area contributed by atoms with Crippen molar-refractivity contribution in [3.05, 3.63) is 36.6 Å². The minimum atomic E-state index is 0.957. The molecular weight excluding hydrogens is 160 g/mol. The van der Waals surface area contributed by atoms with E-state index >= 15 is 0 Å². The van der Waals surface area contributed by atoms with Crippen LogP contribution >= 0.6 is 12.0 Å². The third-order valence-corrected chi connectivity index (χ3v) is 1.64. The van der Waals surface area contributed by atoms with Gasteiger partial charge in [-0.2, -0.15) is 0 Å². The first-order valence-corrected chi connectivity index (χ1v) is 3.75. The Morgan fingerprint density at radius 2 is 2.09 bits per heavy atom. The summed E-state index contributed by atoms with van der Waals surface area (Å²) in [6.07, 6.45) is 0.984. The van der Waals surface area contributed by atoms with E-state index in [1.54, 1.807) is 0 Å². The first-order valence-electron chi connectivity index (χ1n) is 3.01. The van der Waals surface area contributed by atoms with Crippen LogP contribution in [0, 0.1) is 0 Å². The van der Waals surface area contributed by atoms with E-state index in [1.807, 2.05) is 30.3 Å². The Bertz CT molecular complexity index is 252. The summed E-state index contributed by atoms with van der Waals surface area (Å²) in [6, 6.07) is 9.50. The summed E-state index contributed by atoms with van der Waals surface area (Å²) in [7, 11) is 0. The molecular formula is C8H6O2S. The second-order valence-electron chi connectivity index (χ2n) is 1.73. The Hall–Kier alpha value is -1.18. The van der Waals surface area contributed by atoms with E-state index in [0.717, 1.165) is 23.2 Å². The molecule has 0 radical (unpaired) electrons. The minimum Gasteiger partial charge on any atom is -0.417 e. The van der Waals surface area contributed by atoms with Gasteiger partial charge in [-0.25, -0.2) is 4.79 Å². The molecule has 11 heavy (non-hydrogen) atoms. The van der Waals surface area contributed by atoms with Crippen molar-refractivity contribution in [2.45, 2.75) is 4.90 Å². The molecule has 3 heteroatoms. The molecule has 0 spiro atoms.